The van der Waals surface area contributed by atoms with Crippen LogP contribution < -0.4 is 10.2 Å². The molecule has 3 heteroatoms. The molecular formula is C18H29FN2. The average molecular weight is 292 g/mol. The van der Waals surface area contributed by atoms with E-state index in [1.807, 2.05) is 0 Å². The lowest BCUT2D eigenvalue weighted by molar-refractivity contribution is 0.568. The topological polar surface area (TPSA) is 15.3 Å². The van der Waals surface area contributed by atoms with Crippen molar-refractivity contribution in [1.82, 2.24) is 5.32 Å². The molecule has 0 unspecified atom stereocenters. The summed E-state index contributed by atoms with van der Waals surface area (Å²) in [5, 5.41) is 3.35. The number of anilines is 1. The fourth-order valence-corrected chi connectivity index (χ4v) is 2.62. The lowest BCUT2D eigenvalue weighted by atomic mass is 10.1. The van der Waals surface area contributed by atoms with Crippen molar-refractivity contribution >= 4 is 5.69 Å². The summed E-state index contributed by atoms with van der Waals surface area (Å²) in [4.78, 5) is 2.41. The first kappa shape index (κ1) is 16.3. The van der Waals surface area contributed by atoms with E-state index in [-0.39, 0.29) is 5.82 Å². The van der Waals surface area contributed by atoms with Gasteiger partial charge in [-0.15, -0.1) is 0 Å². The van der Waals surface area contributed by atoms with Crippen molar-refractivity contribution in [1.29, 1.82) is 0 Å². The second-order valence-electron chi connectivity index (χ2n) is 6.60. The lowest BCUT2D eigenvalue weighted by Crippen LogP contribution is -2.28. The smallest absolute Gasteiger partial charge is 0.125 e. The largest absolute Gasteiger partial charge is 0.368 e. The van der Waals surface area contributed by atoms with Gasteiger partial charge < -0.3 is 10.2 Å². The van der Waals surface area contributed by atoms with E-state index in [0.29, 0.717) is 12.0 Å². The molecule has 0 saturated heterocycles. The quantitative estimate of drug-likeness (QED) is 0.681. The normalized spacial score (nSPS) is 14.7. The molecule has 1 aromatic rings. The molecule has 118 valence electrons. The van der Waals surface area contributed by atoms with E-state index in [1.165, 1.54) is 12.8 Å². The maximum atomic E-state index is 13.9. The van der Waals surface area contributed by atoms with Crippen LogP contribution in [0.3, 0.4) is 0 Å². The van der Waals surface area contributed by atoms with Crippen LogP contribution in [0.4, 0.5) is 10.1 Å². The zero-order valence-electron chi connectivity index (χ0n) is 13.7. The summed E-state index contributed by atoms with van der Waals surface area (Å²) in [5.74, 6) is 0.571. The summed E-state index contributed by atoms with van der Waals surface area (Å²) >= 11 is 0. The van der Waals surface area contributed by atoms with Crippen LogP contribution in [0.15, 0.2) is 18.2 Å². The van der Waals surface area contributed by atoms with Gasteiger partial charge in [-0.2, -0.15) is 0 Å². The molecule has 0 aliphatic heterocycles. The summed E-state index contributed by atoms with van der Waals surface area (Å²) in [6.45, 7) is 9.40. The second-order valence-corrected chi connectivity index (χ2v) is 6.60. The fourth-order valence-electron chi connectivity index (χ4n) is 2.62. The van der Waals surface area contributed by atoms with Crippen LogP contribution in [0.25, 0.3) is 0 Å². The Morgan fingerprint density at radius 1 is 1.29 bits per heavy atom. The second kappa shape index (κ2) is 7.79. The highest BCUT2D eigenvalue weighted by Gasteiger charge is 2.29. The van der Waals surface area contributed by atoms with Gasteiger partial charge in [0.15, 0.2) is 0 Å². The predicted octanol–water partition coefficient (Wildman–Crippen LogP) is 4.34. The van der Waals surface area contributed by atoms with Crippen molar-refractivity contribution in [2.75, 3.05) is 18.0 Å². The number of nitrogens with zero attached hydrogens (tertiary/aromatic N) is 1. The minimum atomic E-state index is -0.115. The first-order chi connectivity index (χ1) is 10.1. The van der Waals surface area contributed by atoms with Crippen molar-refractivity contribution in [3.63, 3.8) is 0 Å². The number of halogens is 1. The van der Waals surface area contributed by atoms with Gasteiger partial charge in [0.1, 0.15) is 5.82 Å². The molecular weight excluding hydrogens is 263 g/mol. The Balaban J connectivity index is 2.07. The first-order valence-electron chi connectivity index (χ1n) is 8.37. The van der Waals surface area contributed by atoms with Crippen molar-refractivity contribution in [2.45, 2.75) is 59.0 Å². The van der Waals surface area contributed by atoms with E-state index >= 15 is 0 Å². The summed E-state index contributed by atoms with van der Waals surface area (Å²) in [6.07, 6.45) is 4.76. The summed E-state index contributed by atoms with van der Waals surface area (Å²) < 4.78 is 13.9. The number of nitrogens with one attached hydrogen (secondary N) is 1. The van der Waals surface area contributed by atoms with Crippen LogP contribution in [0.5, 0.6) is 0 Å². The first-order valence-corrected chi connectivity index (χ1v) is 8.37. The maximum Gasteiger partial charge on any atom is 0.125 e. The molecule has 0 atom stereocenters. The van der Waals surface area contributed by atoms with E-state index in [4.69, 9.17) is 0 Å². The van der Waals surface area contributed by atoms with E-state index in [2.05, 4.69) is 37.1 Å². The SMILES string of the molecule is CCCNCc1cc(F)cc(N(CCC(C)C)C2CC2)c1. The third-order valence-electron chi connectivity index (χ3n) is 3.96. The fraction of sp³-hybridized carbons (Fsp3) is 0.667. The van der Waals surface area contributed by atoms with Gasteiger partial charge in [0, 0.05) is 24.8 Å². The highest BCUT2D eigenvalue weighted by molar-refractivity contribution is 5.51. The third kappa shape index (κ3) is 5.31. The Kier molecular flexibility index (Phi) is 6.04. The minimum absolute atomic E-state index is 0.115. The summed E-state index contributed by atoms with van der Waals surface area (Å²) in [6, 6.07) is 6.13. The monoisotopic (exact) mass is 292 g/mol. The Morgan fingerprint density at radius 2 is 2.05 bits per heavy atom. The molecule has 1 fully saturated rings. The third-order valence-corrected chi connectivity index (χ3v) is 3.96. The van der Waals surface area contributed by atoms with Crippen LogP contribution in [-0.2, 0) is 6.54 Å². The molecule has 1 N–H and O–H groups in total. The van der Waals surface area contributed by atoms with Crippen molar-refractivity contribution in [3.05, 3.63) is 29.6 Å². The van der Waals surface area contributed by atoms with Gasteiger partial charge in [-0.1, -0.05) is 20.8 Å². The molecule has 0 aromatic heterocycles. The summed E-state index contributed by atoms with van der Waals surface area (Å²) in [5.41, 5.74) is 2.11. The van der Waals surface area contributed by atoms with Crippen LogP contribution in [0.2, 0.25) is 0 Å². The number of hydrogen-bond donors (Lipinski definition) is 1. The van der Waals surface area contributed by atoms with E-state index in [0.717, 1.165) is 43.7 Å². The van der Waals surface area contributed by atoms with E-state index in [1.54, 1.807) is 12.1 Å². The Labute approximate surface area is 128 Å². The number of rotatable bonds is 9. The van der Waals surface area contributed by atoms with Crippen molar-refractivity contribution < 1.29 is 4.39 Å². The molecule has 1 aliphatic rings. The van der Waals surface area contributed by atoms with Gasteiger partial charge in [0.2, 0.25) is 0 Å². The highest BCUT2D eigenvalue weighted by Crippen LogP contribution is 2.33. The highest BCUT2D eigenvalue weighted by atomic mass is 19.1. The van der Waals surface area contributed by atoms with Crippen LogP contribution in [-0.4, -0.2) is 19.1 Å². The molecule has 1 saturated carbocycles. The van der Waals surface area contributed by atoms with Gasteiger partial charge in [-0.25, -0.2) is 4.39 Å². The van der Waals surface area contributed by atoms with Crippen molar-refractivity contribution in [2.24, 2.45) is 5.92 Å². The Morgan fingerprint density at radius 3 is 2.67 bits per heavy atom. The van der Waals surface area contributed by atoms with E-state index in [9.17, 15) is 4.39 Å². The van der Waals surface area contributed by atoms with Crippen LogP contribution >= 0.6 is 0 Å². The summed E-state index contributed by atoms with van der Waals surface area (Å²) in [7, 11) is 0. The minimum Gasteiger partial charge on any atom is -0.368 e. The molecule has 1 aliphatic carbocycles. The zero-order chi connectivity index (χ0) is 15.2. The molecule has 0 radical (unpaired) electrons. The van der Waals surface area contributed by atoms with Gasteiger partial charge in [0.25, 0.3) is 0 Å². The van der Waals surface area contributed by atoms with Crippen molar-refractivity contribution in [3.8, 4) is 0 Å². The van der Waals surface area contributed by atoms with Crippen LogP contribution in [0.1, 0.15) is 52.0 Å². The molecule has 2 rings (SSSR count). The molecule has 0 amide bonds. The Bertz CT molecular complexity index is 441. The molecule has 0 spiro atoms. The standard InChI is InChI=1S/C18H29FN2/c1-4-8-20-13-15-10-16(19)12-18(11-15)21(17-5-6-17)9-7-14(2)3/h10-12,14,17,20H,4-9,13H2,1-3H3. The molecule has 21 heavy (non-hydrogen) atoms. The molecule has 2 nitrogen and oxygen atoms in total. The van der Waals surface area contributed by atoms with Gasteiger partial charge in [-0.05, 0) is 61.9 Å². The van der Waals surface area contributed by atoms with Gasteiger partial charge in [-0.3, -0.25) is 0 Å². The Hall–Kier alpha value is -1.09. The van der Waals surface area contributed by atoms with E-state index < -0.39 is 0 Å². The average Bonchev–Trinajstić information content (AvgIpc) is 3.23. The molecule has 1 aromatic carbocycles. The maximum absolute atomic E-state index is 13.9. The molecule has 0 heterocycles. The van der Waals surface area contributed by atoms with Gasteiger partial charge >= 0.3 is 0 Å². The van der Waals surface area contributed by atoms with Gasteiger partial charge in [0.05, 0.1) is 0 Å². The number of benzene rings is 1. The number of hydrogen-bond acceptors (Lipinski definition) is 2. The molecule has 0 bridgehead atoms. The zero-order valence-corrected chi connectivity index (χ0v) is 13.7. The lowest BCUT2D eigenvalue weighted by Gasteiger charge is -2.26. The van der Waals surface area contributed by atoms with Crippen LogP contribution in [0, 0.1) is 11.7 Å². The predicted molar refractivity (Wildman–Crippen MR) is 88.2 cm³/mol.